The number of alkyl halides is 1. The molecular formula is C17H22ClN3. The minimum Gasteiger partial charge on any atom is -0.312 e. The molecule has 2 fully saturated rings. The molecule has 2 saturated carbocycles. The van der Waals surface area contributed by atoms with Gasteiger partial charge in [0.1, 0.15) is 11.3 Å². The summed E-state index contributed by atoms with van der Waals surface area (Å²) >= 11 is 5.99. The van der Waals surface area contributed by atoms with Crippen LogP contribution >= 0.6 is 11.6 Å². The summed E-state index contributed by atoms with van der Waals surface area (Å²) in [5, 5.41) is 0. The number of aromatic nitrogens is 3. The number of hydrogen-bond donors (Lipinski definition) is 0. The van der Waals surface area contributed by atoms with Gasteiger partial charge in [0.25, 0.3) is 0 Å². The van der Waals surface area contributed by atoms with Gasteiger partial charge >= 0.3 is 0 Å². The summed E-state index contributed by atoms with van der Waals surface area (Å²) in [6.45, 7) is 3.21. The molecule has 0 N–H and O–H groups in total. The first-order chi connectivity index (χ1) is 10.3. The second kappa shape index (κ2) is 5.28. The van der Waals surface area contributed by atoms with Crippen molar-refractivity contribution in [2.45, 2.75) is 45.6 Å². The Balaban J connectivity index is 1.74. The first kappa shape index (κ1) is 13.6. The Labute approximate surface area is 130 Å². The highest BCUT2D eigenvalue weighted by Gasteiger charge is 2.41. The van der Waals surface area contributed by atoms with Crippen LogP contribution in [0.1, 0.15) is 37.1 Å². The minimum absolute atomic E-state index is 0.625. The maximum absolute atomic E-state index is 5.99. The number of imidazole rings is 1. The van der Waals surface area contributed by atoms with Crippen LogP contribution in [-0.2, 0) is 13.0 Å². The van der Waals surface area contributed by atoms with E-state index in [0.29, 0.717) is 5.88 Å². The van der Waals surface area contributed by atoms with Crippen molar-refractivity contribution in [2.24, 2.45) is 17.8 Å². The summed E-state index contributed by atoms with van der Waals surface area (Å²) in [7, 11) is 0. The SMILES string of the molecule is Cc1ccnc2c1nc(CCCl)n2CC(C1CC1)C1CC1. The van der Waals surface area contributed by atoms with Crippen molar-refractivity contribution in [1.29, 1.82) is 0 Å². The number of halogens is 1. The molecule has 2 aliphatic rings. The van der Waals surface area contributed by atoms with Crippen molar-refractivity contribution >= 4 is 22.8 Å². The molecule has 0 amide bonds. The second-order valence-corrected chi connectivity index (χ2v) is 7.09. The summed E-state index contributed by atoms with van der Waals surface area (Å²) in [4.78, 5) is 9.45. The molecule has 2 aromatic heterocycles. The van der Waals surface area contributed by atoms with Gasteiger partial charge in [0, 0.05) is 25.0 Å². The number of nitrogens with zero attached hydrogens (tertiary/aromatic N) is 3. The fourth-order valence-electron chi connectivity index (χ4n) is 3.59. The molecule has 0 bridgehead atoms. The molecule has 0 aromatic carbocycles. The summed E-state index contributed by atoms with van der Waals surface area (Å²) in [5.74, 6) is 4.47. The van der Waals surface area contributed by atoms with Gasteiger partial charge in [0.05, 0.1) is 0 Å². The van der Waals surface area contributed by atoms with Gasteiger partial charge in [0.15, 0.2) is 5.65 Å². The van der Waals surface area contributed by atoms with Gasteiger partial charge in [0.2, 0.25) is 0 Å². The van der Waals surface area contributed by atoms with Gasteiger partial charge in [-0.25, -0.2) is 9.97 Å². The summed E-state index contributed by atoms with van der Waals surface area (Å²) in [6, 6.07) is 2.05. The van der Waals surface area contributed by atoms with Gasteiger partial charge in [-0.15, -0.1) is 11.6 Å². The monoisotopic (exact) mass is 303 g/mol. The highest BCUT2D eigenvalue weighted by molar-refractivity contribution is 6.17. The molecule has 2 aromatic rings. The van der Waals surface area contributed by atoms with E-state index in [4.69, 9.17) is 16.6 Å². The van der Waals surface area contributed by atoms with Gasteiger partial charge in [-0.05, 0) is 62.0 Å². The second-order valence-electron chi connectivity index (χ2n) is 6.72. The van der Waals surface area contributed by atoms with Crippen molar-refractivity contribution in [3.8, 4) is 0 Å². The van der Waals surface area contributed by atoms with Gasteiger partial charge in [-0.1, -0.05) is 0 Å². The average molecular weight is 304 g/mol. The van der Waals surface area contributed by atoms with Gasteiger partial charge in [-0.3, -0.25) is 0 Å². The van der Waals surface area contributed by atoms with E-state index in [9.17, 15) is 0 Å². The molecule has 2 aliphatic carbocycles. The van der Waals surface area contributed by atoms with Crippen LogP contribution < -0.4 is 0 Å². The first-order valence-electron chi connectivity index (χ1n) is 8.14. The Hall–Kier alpha value is -1.09. The zero-order valence-electron chi connectivity index (χ0n) is 12.6. The molecular weight excluding hydrogens is 282 g/mol. The molecule has 4 rings (SSSR count). The van der Waals surface area contributed by atoms with E-state index in [1.54, 1.807) is 0 Å². The van der Waals surface area contributed by atoms with E-state index < -0.39 is 0 Å². The van der Waals surface area contributed by atoms with Crippen LogP contribution in [0.3, 0.4) is 0 Å². The highest BCUT2D eigenvalue weighted by Crippen LogP contribution is 2.50. The Kier molecular flexibility index (Phi) is 3.41. The van der Waals surface area contributed by atoms with Gasteiger partial charge < -0.3 is 4.57 Å². The summed E-state index contributed by atoms with van der Waals surface area (Å²) < 4.78 is 2.37. The van der Waals surface area contributed by atoms with Crippen molar-refractivity contribution in [3.63, 3.8) is 0 Å². The molecule has 0 spiro atoms. The zero-order valence-corrected chi connectivity index (χ0v) is 13.3. The van der Waals surface area contributed by atoms with Crippen LogP contribution in [0.25, 0.3) is 11.2 Å². The quantitative estimate of drug-likeness (QED) is 0.756. The predicted octanol–water partition coefficient (Wildman–Crippen LogP) is 3.96. The average Bonchev–Trinajstić information content (AvgIpc) is 3.36. The largest absolute Gasteiger partial charge is 0.312 e. The third-order valence-corrected chi connectivity index (χ3v) is 5.27. The van der Waals surface area contributed by atoms with Gasteiger partial charge in [-0.2, -0.15) is 0 Å². The van der Waals surface area contributed by atoms with Crippen molar-refractivity contribution in [3.05, 3.63) is 23.7 Å². The first-order valence-corrected chi connectivity index (χ1v) is 8.68. The zero-order chi connectivity index (χ0) is 14.4. The lowest BCUT2D eigenvalue weighted by Gasteiger charge is -2.18. The van der Waals surface area contributed by atoms with E-state index >= 15 is 0 Å². The summed E-state index contributed by atoms with van der Waals surface area (Å²) in [6.07, 6.45) is 8.43. The normalized spacial score (nSPS) is 18.8. The molecule has 2 heterocycles. The third kappa shape index (κ3) is 2.57. The predicted molar refractivity (Wildman–Crippen MR) is 85.6 cm³/mol. The third-order valence-electron chi connectivity index (χ3n) is 5.08. The van der Waals surface area contributed by atoms with Crippen LogP contribution in [0.4, 0.5) is 0 Å². The molecule has 0 unspecified atom stereocenters. The lowest BCUT2D eigenvalue weighted by molar-refractivity contribution is 0.348. The Bertz CT molecular complexity index is 643. The Morgan fingerprint density at radius 1 is 1.29 bits per heavy atom. The van der Waals surface area contributed by atoms with Crippen molar-refractivity contribution in [2.75, 3.05) is 5.88 Å². The fraction of sp³-hybridized carbons (Fsp3) is 0.647. The minimum atomic E-state index is 0.625. The topological polar surface area (TPSA) is 30.7 Å². The van der Waals surface area contributed by atoms with E-state index in [-0.39, 0.29) is 0 Å². The smallest absolute Gasteiger partial charge is 0.160 e. The number of hydrogen-bond acceptors (Lipinski definition) is 2. The molecule has 21 heavy (non-hydrogen) atoms. The van der Waals surface area contributed by atoms with E-state index in [1.165, 1.54) is 31.2 Å². The molecule has 3 nitrogen and oxygen atoms in total. The van der Waals surface area contributed by atoms with Crippen LogP contribution in [0.5, 0.6) is 0 Å². The van der Waals surface area contributed by atoms with Crippen LogP contribution in [0, 0.1) is 24.7 Å². The maximum Gasteiger partial charge on any atom is 0.160 e. The van der Waals surface area contributed by atoms with Crippen LogP contribution in [0.15, 0.2) is 12.3 Å². The fourth-order valence-corrected chi connectivity index (χ4v) is 3.76. The maximum atomic E-state index is 5.99. The Morgan fingerprint density at radius 2 is 2.00 bits per heavy atom. The highest BCUT2D eigenvalue weighted by atomic mass is 35.5. The van der Waals surface area contributed by atoms with Crippen molar-refractivity contribution in [1.82, 2.24) is 14.5 Å². The molecule has 0 aliphatic heterocycles. The van der Waals surface area contributed by atoms with Crippen molar-refractivity contribution < 1.29 is 0 Å². The van der Waals surface area contributed by atoms with E-state index in [0.717, 1.165) is 47.7 Å². The summed E-state index contributed by atoms with van der Waals surface area (Å²) in [5.41, 5.74) is 3.33. The molecule has 112 valence electrons. The van der Waals surface area contributed by atoms with E-state index in [1.807, 2.05) is 12.3 Å². The lowest BCUT2D eigenvalue weighted by atomic mass is 9.98. The molecule has 4 heteroatoms. The van der Waals surface area contributed by atoms with Crippen LogP contribution in [0.2, 0.25) is 0 Å². The molecule has 0 radical (unpaired) electrons. The number of aryl methyl sites for hydroxylation is 2. The number of fused-ring (bicyclic) bond motifs is 1. The number of rotatable bonds is 6. The van der Waals surface area contributed by atoms with Crippen LogP contribution in [-0.4, -0.2) is 20.4 Å². The number of pyridine rings is 1. The van der Waals surface area contributed by atoms with E-state index in [2.05, 4.69) is 16.5 Å². The lowest BCUT2D eigenvalue weighted by Crippen LogP contribution is -2.17. The molecule has 0 atom stereocenters. The standard InChI is InChI=1S/C17H22ClN3/c1-11-7-9-19-17-16(11)20-15(6-8-18)21(17)10-14(12-2-3-12)13-4-5-13/h7,9,12-14H,2-6,8,10H2,1H3. The Morgan fingerprint density at radius 3 is 2.62 bits per heavy atom. The molecule has 0 saturated heterocycles.